The first-order valence-electron chi connectivity index (χ1n) is 5.94. The largest absolute Gasteiger partial charge is 0.398 e. The average Bonchev–Trinajstić information content (AvgIpc) is 2.40. The molecule has 0 aliphatic heterocycles. The van der Waals surface area contributed by atoms with E-state index in [0.29, 0.717) is 10.7 Å². The number of aromatic nitrogens is 1. The number of sulfonamides is 1. The molecule has 2 N–H and O–H groups in total. The lowest BCUT2D eigenvalue weighted by Crippen LogP contribution is -2.31. The third kappa shape index (κ3) is 2.71. The molecule has 1 aromatic heterocycles. The maximum absolute atomic E-state index is 12.7. The summed E-state index contributed by atoms with van der Waals surface area (Å²) in [6.45, 7) is 2.04. The van der Waals surface area contributed by atoms with E-state index in [0.717, 1.165) is 0 Å². The number of halogens is 1. The van der Waals surface area contributed by atoms with Crippen LogP contribution in [0.15, 0.2) is 47.6 Å². The molecule has 0 aliphatic rings. The van der Waals surface area contributed by atoms with Gasteiger partial charge >= 0.3 is 0 Å². The molecule has 0 radical (unpaired) electrons. The lowest BCUT2D eigenvalue weighted by molar-refractivity contribution is 0.592. The van der Waals surface area contributed by atoms with E-state index in [-0.39, 0.29) is 17.1 Å². The Bertz CT molecular complexity index is 705. The number of nitrogens with two attached hydrogens (primary N) is 1. The molecule has 0 amide bonds. The van der Waals surface area contributed by atoms with Gasteiger partial charge in [0.15, 0.2) is 0 Å². The third-order valence-electron chi connectivity index (χ3n) is 2.78. The standard InChI is InChI=1S/C13H14ClN3O2S/c1-2-17(11-5-7-16-8-6-11)20(18,19)13-4-3-10(14)9-12(13)15/h3-9H,2,15H2,1H3. The summed E-state index contributed by atoms with van der Waals surface area (Å²) in [6.07, 6.45) is 3.08. The van der Waals surface area contributed by atoms with Gasteiger partial charge in [-0.3, -0.25) is 9.29 Å². The molecule has 0 saturated heterocycles. The van der Waals surface area contributed by atoms with Crippen molar-refractivity contribution in [2.75, 3.05) is 16.6 Å². The summed E-state index contributed by atoms with van der Waals surface area (Å²) < 4.78 is 26.6. The summed E-state index contributed by atoms with van der Waals surface area (Å²) in [7, 11) is -3.73. The SMILES string of the molecule is CCN(c1ccncc1)S(=O)(=O)c1ccc(Cl)cc1N. The van der Waals surface area contributed by atoms with Crippen LogP contribution in [0.4, 0.5) is 11.4 Å². The van der Waals surface area contributed by atoms with Crippen molar-refractivity contribution in [1.82, 2.24) is 4.98 Å². The average molecular weight is 312 g/mol. The van der Waals surface area contributed by atoms with Crippen LogP contribution in [-0.2, 0) is 10.0 Å². The van der Waals surface area contributed by atoms with Crippen molar-refractivity contribution in [3.05, 3.63) is 47.7 Å². The molecule has 5 nitrogen and oxygen atoms in total. The van der Waals surface area contributed by atoms with Crippen LogP contribution in [0.1, 0.15) is 6.92 Å². The van der Waals surface area contributed by atoms with Gasteiger partial charge in [0, 0.05) is 24.0 Å². The first-order chi connectivity index (χ1) is 9.46. The van der Waals surface area contributed by atoms with Crippen molar-refractivity contribution < 1.29 is 8.42 Å². The van der Waals surface area contributed by atoms with Crippen molar-refractivity contribution in [1.29, 1.82) is 0 Å². The molecule has 2 aromatic rings. The number of hydrogen-bond acceptors (Lipinski definition) is 4. The Morgan fingerprint density at radius 3 is 2.45 bits per heavy atom. The Balaban J connectivity index is 2.53. The summed E-state index contributed by atoms with van der Waals surface area (Å²) in [6, 6.07) is 7.61. The molecule has 1 heterocycles. The smallest absolute Gasteiger partial charge is 0.266 e. The summed E-state index contributed by atoms with van der Waals surface area (Å²) in [5, 5.41) is 0.397. The van der Waals surface area contributed by atoms with Gasteiger partial charge in [-0.25, -0.2) is 8.42 Å². The molecule has 20 heavy (non-hydrogen) atoms. The molecular weight excluding hydrogens is 298 g/mol. The Hall–Kier alpha value is -1.79. The number of pyridine rings is 1. The highest BCUT2D eigenvalue weighted by Gasteiger charge is 2.25. The van der Waals surface area contributed by atoms with Gasteiger partial charge in [0.2, 0.25) is 0 Å². The van der Waals surface area contributed by atoms with Crippen LogP contribution in [0.25, 0.3) is 0 Å². The second-order valence-electron chi connectivity index (χ2n) is 4.06. The van der Waals surface area contributed by atoms with Crippen molar-refractivity contribution in [2.45, 2.75) is 11.8 Å². The Labute approximate surface area is 123 Å². The van der Waals surface area contributed by atoms with E-state index in [2.05, 4.69) is 4.98 Å². The number of anilines is 2. The fraction of sp³-hybridized carbons (Fsp3) is 0.154. The first kappa shape index (κ1) is 14.6. The van der Waals surface area contributed by atoms with Gasteiger partial charge < -0.3 is 5.73 Å². The van der Waals surface area contributed by atoms with E-state index in [1.807, 2.05) is 0 Å². The molecule has 0 saturated carbocycles. The predicted octanol–water partition coefficient (Wildman–Crippen LogP) is 2.53. The van der Waals surface area contributed by atoms with Crippen LogP contribution in [0, 0.1) is 0 Å². The minimum atomic E-state index is -3.73. The molecule has 0 spiro atoms. The highest BCUT2D eigenvalue weighted by molar-refractivity contribution is 7.93. The maximum atomic E-state index is 12.7. The fourth-order valence-electron chi connectivity index (χ4n) is 1.87. The van der Waals surface area contributed by atoms with Crippen LogP contribution in [0.2, 0.25) is 5.02 Å². The zero-order valence-corrected chi connectivity index (χ0v) is 12.4. The number of nitrogens with zero attached hydrogens (tertiary/aromatic N) is 2. The minimum Gasteiger partial charge on any atom is -0.398 e. The molecule has 2 rings (SSSR count). The van der Waals surface area contributed by atoms with Gasteiger partial charge in [-0.05, 0) is 37.3 Å². The van der Waals surface area contributed by atoms with Crippen LogP contribution in [0.5, 0.6) is 0 Å². The molecule has 106 valence electrons. The lowest BCUT2D eigenvalue weighted by Gasteiger charge is -2.23. The van der Waals surface area contributed by atoms with Gasteiger partial charge in [-0.15, -0.1) is 0 Å². The predicted molar refractivity (Wildman–Crippen MR) is 80.3 cm³/mol. The summed E-state index contributed by atoms with van der Waals surface area (Å²) >= 11 is 5.80. The molecular formula is C13H14ClN3O2S. The second-order valence-corrected chi connectivity index (χ2v) is 6.32. The quantitative estimate of drug-likeness (QED) is 0.880. The fourth-order valence-corrected chi connectivity index (χ4v) is 3.63. The lowest BCUT2D eigenvalue weighted by atomic mass is 10.3. The van der Waals surface area contributed by atoms with E-state index >= 15 is 0 Å². The molecule has 0 atom stereocenters. The van der Waals surface area contributed by atoms with E-state index in [1.165, 1.54) is 22.5 Å². The zero-order valence-electron chi connectivity index (χ0n) is 10.8. The zero-order chi connectivity index (χ0) is 14.8. The Kier molecular flexibility index (Phi) is 4.15. The highest BCUT2D eigenvalue weighted by atomic mass is 35.5. The van der Waals surface area contributed by atoms with Crippen LogP contribution in [-0.4, -0.2) is 19.9 Å². The van der Waals surface area contributed by atoms with Crippen molar-refractivity contribution in [3.8, 4) is 0 Å². The Morgan fingerprint density at radius 2 is 1.90 bits per heavy atom. The molecule has 7 heteroatoms. The molecule has 0 bridgehead atoms. The van der Waals surface area contributed by atoms with Crippen LogP contribution < -0.4 is 10.0 Å². The Morgan fingerprint density at radius 1 is 1.25 bits per heavy atom. The summed E-state index contributed by atoms with van der Waals surface area (Å²) in [5.74, 6) is 0. The van der Waals surface area contributed by atoms with E-state index < -0.39 is 10.0 Å². The van der Waals surface area contributed by atoms with Gasteiger partial charge in [-0.2, -0.15) is 0 Å². The van der Waals surface area contributed by atoms with Gasteiger partial charge in [0.25, 0.3) is 10.0 Å². The highest BCUT2D eigenvalue weighted by Crippen LogP contribution is 2.28. The minimum absolute atomic E-state index is 0.0422. The van der Waals surface area contributed by atoms with Crippen molar-refractivity contribution in [2.24, 2.45) is 0 Å². The van der Waals surface area contributed by atoms with E-state index in [1.54, 1.807) is 31.5 Å². The number of rotatable bonds is 4. The third-order valence-corrected chi connectivity index (χ3v) is 4.99. The maximum Gasteiger partial charge on any atom is 0.266 e. The van der Waals surface area contributed by atoms with Crippen LogP contribution in [0.3, 0.4) is 0 Å². The van der Waals surface area contributed by atoms with Crippen LogP contribution >= 0.6 is 11.6 Å². The second kappa shape index (κ2) is 5.68. The number of nitrogen functional groups attached to an aromatic ring is 1. The molecule has 1 aromatic carbocycles. The van der Waals surface area contributed by atoms with Crippen molar-refractivity contribution in [3.63, 3.8) is 0 Å². The normalized spacial score (nSPS) is 11.3. The number of benzene rings is 1. The first-order valence-corrected chi connectivity index (χ1v) is 7.76. The van der Waals surface area contributed by atoms with E-state index in [9.17, 15) is 8.42 Å². The molecule has 0 fully saturated rings. The number of hydrogen-bond donors (Lipinski definition) is 1. The van der Waals surface area contributed by atoms with Crippen molar-refractivity contribution >= 4 is 33.0 Å². The molecule has 0 aliphatic carbocycles. The summed E-state index contributed by atoms with van der Waals surface area (Å²) in [4.78, 5) is 3.92. The van der Waals surface area contributed by atoms with Gasteiger partial charge in [0.05, 0.1) is 11.4 Å². The summed E-state index contributed by atoms with van der Waals surface area (Å²) in [5.41, 5.74) is 6.44. The monoisotopic (exact) mass is 311 g/mol. The van der Waals surface area contributed by atoms with E-state index in [4.69, 9.17) is 17.3 Å². The topological polar surface area (TPSA) is 76.3 Å². The van der Waals surface area contributed by atoms with Gasteiger partial charge in [0.1, 0.15) is 4.90 Å². The van der Waals surface area contributed by atoms with Gasteiger partial charge in [-0.1, -0.05) is 11.6 Å². The molecule has 0 unspecified atom stereocenters.